The molecule has 0 aliphatic carbocycles. The van der Waals surface area contributed by atoms with Gasteiger partial charge in [0.2, 0.25) is 11.8 Å². The predicted octanol–water partition coefficient (Wildman–Crippen LogP) is 5.41. The summed E-state index contributed by atoms with van der Waals surface area (Å²) < 4.78 is 39.8. The van der Waals surface area contributed by atoms with Crippen LogP contribution in [0.4, 0.5) is 18.9 Å². The van der Waals surface area contributed by atoms with Crippen LogP contribution in [-0.2, 0) is 22.2 Å². The third-order valence-electron chi connectivity index (χ3n) is 6.94. The number of carbonyl (C=O) groups excluding carboxylic acids is 3. The lowest BCUT2D eigenvalue weighted by Gasteiger charge is -2.32. The Bertz CT molecular complexity index is 1300. The fourth-order valence-electron chi connectivity index (χ4n) is 4.71. The number of halogens is 3. The van der Waals surface area contributed by atoms with Crippen LogP contribution < -0.4 is 10.6 Å². The van der Waals surface area contributed by atoms with Crippen molar-refractivity contribution in [3.8, 4) is 0 Å². The Kier molecular flexibility index (Phi) is 8.69. The molecule has 3 aromatic carbocycles. The van der Waals surface area contributed by atoms with E-state index in [0.717, 1.165) is 11.6 Å². The first-order valence-electron chi connectivity index (χ1n) is 12.8. The second-order valence-electron chi connectivity index (χ2n) is 9.66. The number of amides is 3. The van der Waals surface area contributed by atoms with Crippen LogP contribution in [0.15, 0.2) is 78.9 Å². The molecule has 0 aromatic heterocycles. The van der Waals surface area contributed by atoms with Gasteiger partial charge in [0.05, 0.1) is 12.0 Å². The number of anilines is 1. The Hall–Kier alpha value is -4.14. The Morgan fingerprint density at radius 1 is 0.897 bits per heavy atom. The van der Waals surface area contributed by atoms with Gasteiger partial charge in [-0.05, 0) is 67.1 Å². The fourth-order valence-corrected chi connectivity index (χ4v) is 4.71. The maximum atomic E-state index is 13.3. The number of alkyl halides is 3. The van der Waals surface area contributed by atoms with Gasteiger partial charge in [0, 0.05) is 24.3 Å². The smallest absolute Gasteiger partial charge is 0.342 e. The normalized spacial score (nSPS) is 14.9. The van der Waals surface area contributed by atoms with Gasteiger partial charge in [-0.3, -0.25) is 14.4 Å². The quantitative estimate of drug-likeness (QED) is 0.423. The van der Waals surface area contributed by atoms with Crippen molar-refractivity contribution >= 4 is 23.4 Å². The van der Waals surface area contributed by atoms with Crippen molar-refractivity contribution in [3.63, 3.8) is 0 Å². The van der Waals surface area contributed by atoms with Crippen LogP contribution in [0.5, 0.6) is 0 Å². The predicted molar refractivity (Wildman–Crippen MR) is 142 cm³/mol. The zero-order valence-corrected chi connectivity index (χ0v) is 21.5. The van der Waals surface area contributed by atoms with Gasteiger partial charge < -0.3 is 15.5 Å². The molecule has 1 heterocycles. The van der Waals surface area contributed by atoms with Crippen LogP contribution in [0.2, 0.25) is 0 Å². The average Bonchev–Trinajstić information content (AvgIpc) is 2.93. The van der Waals surface area contributed by atoms with Crippen LogP contribution in [-0.4, -0.2) is 41.8 Å². The van der Waals surface area contributed by atoms with Crippen LogP contribution >= 0.6 is 0 Å². The minimum Gasteiger partial charge on any atom is -0.342 e. The number of piperidine rings is 1. The van der Waals surface area contributed by atoms with E-state index in [1.807, 2.05) is 18.2 Å². The van der Waals surface area contributed by atoms with E-state index in [1.54, 1.807) is 48.2 Å². The average molecular weight is 538 g/mol. The van der Waals surface area contributed by atoms with E-state index in [-0.39, 0.29) is 35.6 Å². The molecule has 39 heavy (non-hydrogen) atoms. The summed E-state index contributed by atoms with van der Waals surface area (Å²) in [6.45, 7) is 2.55. The lowest BCUT2D eigenvalue weighted by molar-refractivity contribution is -0.138. The number of nitrogens with zero attached hydrogens (tertiary/aromatic N) is 1. The van der Waals surface area contributed by atoms with E-state index in [0.29, 0.717) is 37.2 Å². The lowest BCUT2D eigenvalue weighted by atomic mass is 9.89. The van der Waals surface area contributed by atoms with Crippen molar-refractivity contribution in [2.24, 2.45) is 0 Å². The molecule has 1 aliphatic heterocycles. The molecule has 3 amide bonds. The number of likely N-dealkylation sites (tertiary alicyclic amines) is 1. The van der Waals surface area contributed by atoms with Gasteiger partial charge in [0.25, 0.3) is 5.91 Å². The number of benzene rings is 3. The molecule has 0 radical (unpaired) electrons. The second-order valence-corrected chi connectivity index (χ2v) is 9.66. The molecule has 1 atom stereocenters. The molecule has 1 fully saturated rings. The number of rotatable bonds is 7. The molecule has 2 N–H and O–H groups in total. The van der Waals surface area contributed by atoms with Crippen molar-refractivity contribution in [2.75, 3.05) is 18.4 Å². The molecule has 1 aliphatic rings. The number of hydrogen-bond donors (Lipinski definition) is 2. The molecule has 6 nitrogen and oxygen atoms in total. The Balaban J connectivity index is 1.27. The monoisotopic (exact) mass is 537 g/mol. The van der Waals surface area contributed by atoms with Gasteiger partial charge in [0.15, 0.2) is 0 Å². The molecule has 0 bridgehead atoms. The molecular weight excluding hydrogens is 507 g/mol. The molecular formula is C30H30F3N3O3. The van der Waals surface area contributed by atoms with Crippen molar-refractivity contribution in [3.05, 3.63) is 101 Å². The largest absolute Gasteiger partial charge is 0.416 e. The summed E-state index contributed by atoms with van der Waals surface area (Å²) >= 11 is 0. The molecule has 204 valence electrons. The minimum absolute atomic E-state index is 0.0105. The van der Waals surface area contributed by atoms with Crippen molar-refractivity contribution in [1.82, 2.24) is 10.2 Å². The number of carbonyl (C=O) groups is 3. The molecule has 1 saturated heterocycles. The van der Waals surface area contributed by atoms with Crippen LogP contribution in [0.3, 0.4) is 0 Å². The third kappa shape index (κ3) is 7.25. The molecule has 0 saturated carbocycles. The lowest BCUT2D eigenvalue weighted by Crippen LogP contribution is -2.41. The first-order valence-corrected chi connectivity index (χ1v) is 12.8. The van der Waals surface area contributed by atoms with Gasteiger partial charge in [-0.1, -0.05) is 48.5 Å². The van der Waals surface area contributed by atoms with E-state index in [9.17, 15) is 27.6 Å². The summed E-state index contributed by atoms with van der Waals surface area (Å²) in [7, 11) is 0. The van der Waals surface area contributed by atoms with E-state index in [2.05, 4.69) is 10.6 Å². The van der Waals surface area contributed by atoms with Gasteiger partial charge >= 0.3 is 6.18 Å². The highest BCUT2D eigenvalue weighted by molar-refractivity contribution is 6.00. The molecule has 1 unspecified atom stereocenters. The van der Waals surface area contributed by atoms with Gasteiger partial charge in [-0.25, -0.2) is 0 Å². The zero-order chi connectivity index (χ0) is 28.0. The molecule has 0 spiro atoms. The SMILES string of the molecule is CC(NC(=O)c1ccccc1)C(=O)Nc1ccc(C2CCN(C(=O)Cc3ccccc3C(F)(F)F)CC2)cc1. The molecule has 3 aromatic rings. The maximum absolute atomic E-state index is 13.3. The minimum atomic E-state index is -4.50. The molecule has 4 rings (SSSR count). The van der Waals surface area contributed by atoms with Gasteiger partial charge in [-0.2, -0.15) is 13.2 Å². The van der Waals surface area contributed by atoms with Crippen molar-refractivity contribution < 1.29 is 27.6 Å². The van der Waals surface area contributed by atoms with Gasteiger partial charge in [-0.15, -0.1) is 0 Å². The van der Waals surface area contributed by atoms with E-state index in [4.69, 9.17) is 0 Å². The van der Waals surface area contributed by atoms with E-state index in [1.165, 1.54) is 18.2 Å². The standard InChI is InChI=1S/C30H30F3N3O3/c1-20(34-29(39)23-7-3-2-4-8-23)28(38)35-25-13-11-21(12-14-25)22-15-17-36(18-16-22)27(37)19-24-9-5-6-10-26(24)30(31,32)33/h2-14,20,22H,15-19H2,1H3,(H,34,39)(H,35,38). The Morgan fingerprint density at radius 3 is 2.15 bits per heavy atom. The summed E-state index contributed by atoms with van der Waals surface area (Å²) in [6, 6.07) is 20.5. The van der Waals surface area contributed by atoms with Crippen molar-refractivity contribution in [1.29, 1.82) is 0 Å². The first kappa shape index (κ1) is 27.9. The highest BCUT2D eigenvalue weighted by atomic mass is 19.4. The summed E-state index contributed by atoms with van der Waals surface area (Å²) in [5.74, 6) is -0.782. The third-order valence-corrected chi connectivity index (χ3v) is 6.94. The maximum Gasteiger partial charge on any atom is 0.416 e. The zero-order valence-electron chi connectivity index (χ0n) is 21.5. The first-order chi connectivity index (χ1) is 18.6. The van der Waals surface area contributed by atoms with E-state index >= 15 is 0 Å². The highest BCUT2D eigenvalue weighted by Gasteiger charge is 2.34. The van der Waals surface area contributed by atoms with Crippen molar-refractivity contribution in [2.45, 2.75) is 44.3 Å². The van der Waals surface area contributed by atoms with Crippen LogP contribution in [0, 0.1) is 0 Å². The number of nitrogens with one attached hydrogen (secondary N) is 2. The van der Waals surface area contributed by atoms with Crippen LogP contribution in [0.25, 0.3) is 0 Å². The van der Waals surface area contributed by atoms with E-state index < -0.39 is 17.8 Å². The van der Waals surface area contributed by atoms with Gasteiger partial charge in [0.1, 0.15) is 6.04 Å². The Morgan fingerprint density at radius 2 is 1.51 bits per heavy atom. The molecule has 9 heteroatoms. The highest BCUT2D eigenvalue weighted by Crippen LogP contribution is 2.33. The fraction of sp³-hybridized carbons (Fsp3) is 0.300. The summed E-state index contributed by atoms with van der Waals surface area (Å²) in [4.78, 5) is 39.2. The van der Waals surface area contributed by atoms with Crippen LogP contribution in [0.1, 0.15) is 52.7 Å². The Labute approximate surface area is 225 Å². The second kappa shape index (κ2) is 12.1. The number of hydrogen-bond acceptors (Lipinski definition) is 3. The summed E-state index contributed by atoms with van der Waals surface area (Å²) in [5, 5.41) is 5.48. The summed E-state index contributed by atoms with van der Waals surface area (Å²) in [5.41, 5.74) is 1.35. The topological polar surface area (TPSA) is 78.5 Å². The summed E-state index contributed by atoms with van der Waals surface area (Å²) in [6.07, 6.45) is -3.38.